The van der Waals surface area contributed by atoms with E-state index in [1.54, 1.807) is 4.52 Å². The number of aromatic nitrogens is 2. The van der Waals surface area contributed by atoms with Gasteiger partial charge >= 0.3 is 6.03 Å². The molecule has 0 radical (unpaired) electrons. The van der Waals surface area contributed by atoms with Crippen LogP contribution in [0.25, 0.3) is 16.6 Å². The summed E-state index contributed by atoms with van der Waals surface area (Å²) < 4.78 is 1.77. The zero-order valence-corrected chi connectivity index (χ0v) is 21.3. The molecule has 2 heterocycles. The van der Waals surface area contributed by atoms with Gasteiger partial charge < -0.3 is 21.7 Å². The summed E-state index contributed by atoms with van der Waals surface area (Å²) in [5.74, 6) is -0.543. The minimum absolute atomic E-state index is 0.0334. The average Bonchev–Trinajstić information content (AvgIpc) is 3.40. The summed E-state index contributed by atoms with van der Waals surface area (Å²) in [6, 6.07) is 21.1. The lowest BCUT2D eigenvalue weighted by atomic mass is 9.74. The minimum atomic E-state index is -0.543. The van der Waals surface area contributed by atoms with Crippen LogP contribution in [0.1, 0.15) is 44.0 Å². The number of fused-ring (bicyclic) bond motifs is 1. The summed E-state index contributed by atoms with van der Waals surface area (Å²) >= 11 is 0. The number of amides is 3. The zero-order valence-electron chi connectivity index (χ0n) is 21.3. The van der Waals surface area contributed by atoms with Crippen molar-refractivity contribution in [2.45, 2.75) is 45.2 Å². The molecule has 5 rings (SSSR count). The molecule has 1 aliphatic carbocycles. The van der Waals surface area contributed by atoms with Gasteiger partial charge in [-0.15, -0.1) is 0 Å². The van der Waals surface area contributed by atoms with E-state index in [0.717, 1.165) is 35.2 Å². The molecule has 2 unspecified atom stereocenters. The van der Waals surface area contributed by atoms with E-state index in [1.165, 1.54) is 6.20 Å². The maximum Gasteiger partial charge on any atom is 0.319 e. The van der Waals surface area contributed by atoms with Crippen molar-refractivity contribution in [3.8, 4) is 11.1 Å². The standard InChI is InChI=1S/C29H32N6O2/c1-28(2)24(14-15-29(28,3)34-27(37)32-21-12-8-5-9-13-21)33-25-22(26(30)36)17-31-35-18-20(16-23(25)35)19-10-6-4-7-11-19/h4-13,16-18,24,33H,14-15H2,1-3H3,(H2,30,36)(H2,32,34,37). The molecular weight excluding hydrogens is 464 g/mol. The average molecular weight is 497 g/mol. The Morgan fingerprint density at radius 2 is 1.68 bits per heavy atom. The summed E-state index contributed by atoms with van der Waals surface area (Å²) in [4.78, 5) is 25.3. The molecule has 1 aliphatic rings. The molecule has 1 saturated carbocycles. The Morgan fingerprint density at radius 1 is 1.00 bits per heavy atom. The quantitative estimate of drug-likeness (QED) is 0.291. The highest BCUT2D eigenvalue weighted by Gasteiger charge is 2.52. The highest BCUT2D eigenvalue weighted by atomic mass is 16.2. The van der Waals surface area contributed by atoms with Crippen LogP contribution in [0.3, 0.4) is 0 Å². The second-order valence-corrected chi connectivity index (χ2v) is 10.5. The number of carbonyl (C=O) groups is 2. The maximum atomic E-state index is 12.9. The SMILES string of the molecule is CC1(NC(=O)Nc2ccccc2)CCC(Nc2c(C(N)=O)cnn3cc(-c4ccccc4)cc23)C1(C)C. The van der Waals surface area contributed by atoms with Crippen LogP contribution in [0.2, 0.25) is 0 Å². The fourth-order valence-corrected chi connectivity index (χ4v) is 5.27. The van der Waals surface area contributed by atoms with Gasteiger partial charge in [-0.1, -0.05) is 62.4 Å². The van der Waals surface area contributed by atoms with Crippen molar-refractivity contribution in [3.05, 3.63) is 84.7 Å². The highest BCUT2D eigenvalue weighted by molar-refractivity contribution is 6.02. The number of nitrogens with two attached hydrogens (primary N) is 1. The van der Waals surface area contributed by atoms with Crippen molar-refractivity contribution >= 4 is 28.8 Å². The van der Waals surface area contributed by atoms with Gasteiger partial charge in [-0.25, -0.2) is 9.31 Å². The van der Waals surface area contributed by atoms with Gasteiger partial charge in [-0.3, -0.25) is 4.79 Å². The van der Waals surface area contributed by atoms with Crippen LogP contribution < -0.4 is 21.7 Å². The summed E-state index contributed by atoms with van der Waals surface area (Å²) in [5.41, 5.74) is 9.47. The third-order valence-electron chi connectivity index (χ3n) is 7.98. The molecule has 8 nitrogen and oxygen atoms in total. The smallest absolute Gasteiger partial charge is 0.319 e. The summed E-state index contributed by atoms with van der Waals surface area (Å²) in [5, 5.41) is 14.2. The Balaban J connectivity index is 1.44. The first kappa shape index (κ1) is 24.4. The predicted octanol–water partition coefficient (Wildman–Crippen LogP) is 5.28. The van der Waals surface area contributed by atoms with Crippen LogP contribution in [0.15, 0.2) is 79.1 Å². The van der Waals surface area contributed by atoms with Crippen molar-refractivity contribution in [2.24, 2.45) is 11.1 Å². The molecule has 0 saturated heterocycles. The second kappa shape index (κ2) is 9.28. The predicted molar refractivity (Wildman–Crippen MR) is 147 cm³/mol. The van der Waals surface area contributed by atoms with Gasteiger partial charge in [0.25, 0.3) is 5.91 Å². The maximum absolute atomic E-state index is 12.9. The molecule has 1 fully saturated rings. The number of nitrogens with one attached hydrogen (secondary N) is 3. The van der Waals surface area contributed by atoms with E-state index >= 15 is 0 Å². The summed E-state index contributed by atoms with van der Waals surface area (Å²) in [7, 11) is 0. The first-order valence-corrected chi connectivity index (χ1v) is 12.5. The number of anilines is 2. The molecule has 4 aromatic rings. The lowest BCUT2D eigenvalue weighted by Gasteiger charge is -2.42. The molecule has 37 heavy (non-hydrogen) atoms. The van der Waals surface area contributed by atoms with Crippen molar-refractivity contribution in [1.82, 2.24) is 14.9 Å². The van der Waals surface area contributed by atoms with Crippen LogP contribution in [0.5, 0.6) is 0 Å². The van der Waals surface area contributed by atoms with Crippen LogP contribution >= 0.6 is 0 Å². The van der Waals surface area contributed by atoms with Crippen LogP contribution in [-0.4, -0.2) is 33.1 Å². The van der Waals surface area contributed by atoms with Gasteiger partial charge in [0.05, 0.1) is 23.0 Å². The number of rotatable bonds is 6. The van der Waals surface area contributed by atoms with Gasteiger partial charge in [-0.2, -0.15) is 5.10 Å². The number of urea groups is 1. The number of primary amides is 1. The third kappa shape index (κ3) is 4.50. The molecule has 8 heteroatoms. The Kier molecular flexibility index (Phi) is 6.11. The topological polar surface area (TPSA) is 114 Å². The number of para-hydroxylation sites is 1. The molecule has 0 aliphatic heterocycles. The molecular formula is C29H32N6O2. The lowest BCUT2D eigenvalue weighted by molar-refractivity contribution is 0.100. The van der Waals surface area contributed by atoms with Crippen molar-refractivity contribution in [2.75, 3.05) is 10.6 Å². The van der Waals surface area contributed by atoms with Gasteiger partial charge in [0.1, 0.15) is 0 Å². The summed E-state index contributed by atoms with van der Waals surface area (Å²) in [6.45, 7) is 6.34. The number of nitrogens with zero attached hydrogens (tertiary/aromatic N) is 2. The van der Waals surface area contributed by atoms with Gasteiger partial charge in [0.2, 0.25) is 0 Å². The molecule has 190 valence electrons. The van der Waals surface area contributed by atoms with Gasteiger partial charge in [0.15, 0.2) is 0 Å². The molecule has 2 aromatic heterocycles. The fourth-order valence-electron chi connectivity index (χ4n) is 5.27. The van der Waals surface area contributed by atoms with E-state index < -0.39 is 11.4 Å². The Hall–Kier alpha value is -4.33. The second-order valence-electron chi connectivity index (χ2n) is 10.5. The summed E-state index contributed by atoms with van der Waals surface area (Å²) in [6.07, 6.45) is 5.02. The molecule has 2 atom stereocenters. The fraction of sp³-hybridized carbons (Fsp3) is 0.276. The van der Waals surface area contributed by atoms with Crippen molar-refractivity contribution in [3.63, 3.8) is 0 Å². The Bertz CT molecular complexity index is 1450. The normalized spacial score (nSPS) is 20.5. The molecule has 0 bridgehead atoms. The van der Waals surface area contributed by atoms with E-state index in [0.29, 0.717) is 11.3 Å². The molecule has 3 amide bonds. The largest absolute Gasteiger partial charge is 0.379 e. The first-order chi connectivity index (χ1) is 17.7. The van der Waals surface area contributed by atoms with Crippen molar-refractivity contribution < 1.29 is 9.59 Å². The third-order valence-corrected chi connectivity index (χ3v) is 7.98. The van der Waals surface area contributed by atoms with E-state index in [1.807, 2.05) is 72.9 Å². The van der Waals surface area contributed by atoms with Crippen molar-refractivity contribution in [1.29, 1.82) is 0 Å². The molecule has 2 aromatic carbocycles. The highest BCUT2D eigenvalue weighted by Crippen LogP contribution is 2.47. The monoisotopic (exact) mass is 496 g/mol. The molecule has 0 spiro atoms. The van der Waals surface area contributed by atoms with Crippen LogP contribution in [-0.2, 0) is 0 Å². The van der Waals surface area contributed by atoms with Gasteiger partial charge in [-0.05, 0) is 43.5 Å². The molecule has 5 N–H and O–H groups in total. The zero-order chi connectivity index (χ0) is 26.2. The number of benzene rings is 2. The number of hydrogen-bond donors (Lipinski definition) is 4. The van der Waals surface area contributed by atoms with Crippen LogP contribution in [0.4, 0.5) is 16.2 Å². The minimum Gasteiger partial charge on any atom is -0.379 e. The van der Waals surface area contributed by atoms with Crippen LogP contribution in [0, 0.1) is 5.41 Å². The Labute approximate surface area is 216 Å². The number of hydrogen-bond acceptors (Lipinski definition) is 4. The van der Waals surface area contributed by atoms with Gasteiger partial charge in [0, 0.05) is 34.4 Å². The lowest BCUT2D eigenvalue weighted by Crippen LogP contribution is -2.57. The first-order valence-electron chi connectivity index (χ1n) is 12.5. The number of carbonyl (C=O) groups excluding carboxylic acids is 2. The van der Waals surface area contributed by atoms with E-state index in [4.69, 9.17) is 5.73 Å². The van der Waals surface area contributed by atoms with E-state index in [-0.39, 0.29) is 17.5 Å². The Morgan fingerprint density at radius 3 is 2.35 bits per heavy atom. The van der Waals surface area contributed by atoms with E-state index in [2.05, 4.69) is 41.8 Å². The van der Waals surface area contributed by atoms with E-state index in [9.17, 15) is 9.59 Å².